The molecule has 1 aliphatic rings. The predicted molar refractivity (Wildman–Crippen MR) is 238 cm³/mol. The monoisotopic (exact) mass is 884 g/mol. The Morgan fingerprint density at radius 3 is 1.32 bits per heavy atom. The van der Waals surface area contributed by atoms with Crippen LogP contribution in [-0.2, 0) is 5.41 Å². The predicted octanol–water partition coefficient (Wildman–Crippen LogP) is 12.9. The molecule has 0 fully saturated rings. The minimum atomic E-state index is -0.665. The summed E-state index contributed by atoms with van der Waals surface area (Å²) in [4.78, 5) is 27.4. The topological polar surface area (TPSA) is 76.7 Å². The zero-order chi connectivity index (χ0) is 40.1. The highest BCUT2D eigenvalue weighted by atomic mass is 79.9. The average molecular weight is 887 g/mol. The number of hydrogen-bond acceptors (Lipinski definition) is 4. The van der Waals surface area contributed by atoms with Crippen LogP contribution in [0.25, 0.3) is 11.1 Å². The molecule has 0 saturated carbocycles. The molecule has 6 aromatic rings. The van der Waals surface area contributed by atoms with E-state index in [0.29, 0.717) is 59.1 Å². The Morgan fingerprint density at radius 2 is 0.930 bits per heavy atom. The SMILES string of the molecule is CC(C)CCOc1ccc(Br)cc1C(=O)Nc1ccc(C2(c3ccc(NC(=O)c4cc(Br)ccc4OCCC(C)C)cc3)c3ccccc3-c3ccccc32)cc1. The van der Waals surface area contributed by atoms with Crippen LogP contribution >= 0.6 is 31.9 Å². The molecule has 1 aliphatic carbocycles. The normalized spacial score (nSPS) is 12.6. The van der Waals surface area contributed by atoms with E-state index in [2.05, 4.69) is 143 Å². The van der Waals surface area contributed by atoms with E-state index in [0.717, 1.165) is 44.0 Å². The first-order valence-corrected chi connectivity index (χ1v) is 21.0. The van der Waals surface area contributed by atoms with Gasteiger partial charge in [0.2, 0.25) is 0 Å². The third-order valence-corrected chi connectivity index (χ3v) is 11.4. The van der Waals surface area contributed by atoms with Gasteiger partial charge in [-0.15, -0.1) is 0 Å². The molecule has 0 bridgehead atoms. The Balaban J connectivity index is 1.21. The van der Waals surface area contributed by atoms with Crippen LogP contribution in [0.4, 0.5) is 11.4 Å². The molecule has 290 valence electrons. The molecule has 0 heterocycles. The maximum atomic E-state index is 13.7. The van der Waals surface area contributed by atoms with Gasteiger partial charge in [0.1, 0.15) is 11.5 Å². The molecule has 6 nitrogen and oxygen atoms in total. The second-order valence-corrected chi connectivity index (χ2v) is 17.1. The molecule has 57 heavy (non-hydrogen) atoms. The Labute approximate surface area is 352 Å². The van der Waals surface area contributed by atoms with Crippen molar-refractivity contribution in [2.24, 2.45) is 11.8 Å². The van der Waals surface area contributed by atoms with Crippen molar-refractivity contribution in [1.82, 2.24) is 0 Å². The van der Waals surface area contributed by atoms with Crippen molar-refractivity contribution >= 4 is 55.0 Å². The van der Waals surface area contributed by atoms with Crippen molar-refractivity contribution in [3.8, 4) is 22.6 Å². The summed E-state index contributed by atoms with van der Waals surface area (Å²) in [6, 6.07) is 44.3. The number of benzene rings is 6. The number of anilines is 2. The van der Waals surface area contributed by atoms with E-state index in [9.17, 15) is 9.59 Å². The molecule has 0 atom stereocenters. The Morgan fingerprint density at radius 1 is 0.544 bits per heavy atom. The first-order valence-electron chi connectivity index (χ1n) is 19.4. The lowest BCUT2D eigenvalue weighted by molar-refractivity contribution is 0.101. The molecule has 0 saturated heterocycles. The molecule has 2 N–H and O–H groups in total. The standard InChI is InChI=1S/C49H46Br2N2O4/c1-31(2)25-27-56-45-23-17-35(50)29-41(45)47(54)52-37-19-13-33(14-20-37)49(43-11-7-5-9-39(43)40-10-6-8-12-44(40)49)34-15-21-38(22-16-34)53-48(55)42-30-36(51)18-24-46(42)57-28-26-32(3)4/h5-24,29-32H,25-28H2,1-4H3,(H,52,54)(H,53,55). The maximum Gasteiger partial charge on any atom is 0.259 e. The lowest BCUT2D eigenvalue weighted by Crippen LogP contribution is -2.28. The van der Waals surface area contributed by atoms with E-state index in [4.69, 9.17) is 9.47 Å². The number of fused-ring (bicyclic) bond motifs is 3. The molecular weight excluding hydrogens is 840 g/mol. The first-order chi connectivity index (χ1) is 27.5. The van der Waals surface area contributed by atoms with Gasteiger partial charge >= 0.3 is 0 Å². The zero-order valence-corrected chi connectivity index (χ0v) is 35.7. The number of rotatable bonds is 14. The summed E-state index contributed by atoms with van der Waals surface area (Å²) < 4.78 is 13.7. The van der Waals surface area contributed by atoms with Crippen molar-refractivity contribution in [2.75, 3.05) is 23.8 Å². The van der Waals surface area contributed by atoms with Gasteiger partial charge in [0.15, 0.2) is 0 Å². The summed E-state index contributed by atoms with van der Waals surface area (Å²) in [6.07, 6.45) is 1.79. The van der Waals surface area contributed by atoms with Crippen LogP contribution in [0, 0.1) is 11.8 Å². The second-order valence-electron chi connectivity index (χ2n) is 15.2. The van der Waals surface area contributed by atoms with Gasteiger partial charge in [-0.3, -0.25) is 9.59 Å². The van der Waals surface area contributed by atoms with Gasteiger partial charge in [-0.25, -0.2) is 0 Å². The fraction of sp³-hybridized carbons (Fsp3) is 0.224. The number of nitrogens with one attached hydrogen (secondary N) is 2. The van der Waals surface area contributed by atoms with Gasteiger partial charge in [-0.05, 0) is 119 Å². The fourth-order valence-corrected chi connectivity index (χ4v) is 8.17. The van der Waals surface area contributed by atoms with Crippen LogP contribution in [0.1, 0.15) is 83.5 Å². The molecule has 8 heteroatoms. The fourth-order valence-electron chi connectivity index (χ4n) is 7.45. The quantitative estimate of drug-likeness (QED) is 0.114. The van der Waals surface area contributed by atoms with Crippen molar-refractivity contribution in [1.29, 1.82) is 0 Å². The van der Waals surface area contributed by atoms with Crippen LogP contribution < -0.4 is 20.1 Å². The van der Waals surface area contributed by atoms with Crippen molar-refractivity contribution < 1.29 is 19.1 Å². The molecular formula is C49H46Br2N2O4. The van der Waals surface area contributed by atoms with Crippen LogP contribution in [0.15, 0.2) is 142 Å². The van der Waals surface area contributed by atoms with Crippen molar-refractivity contribution in [3.63, 3.8) is 0 Å². The molecule has 7 rings (SSSR count). The van der Waals surface area contributed by atoms with Gasteiger partial charge in [0.05, 0.1) is 29.8 Å². The van der Waals surface area contributed by atoms with Gasteiger partial charge in [0, 0.05) is 20.3 Å². The second kappa shape index (κ2) is 17.5. The summed E-state index contributed by atoms with van der Waals surface area (Å²) in [5, 5.41) is 6.21. The molecule has 0 aliphatic heterocycles. The van der Waals surface area contributed by atoms with Gasteiger partial charge in [-0.2, -0.15) is 0 Å². The lowest BCUT2D eigenvalue weighted by Gasteiger charge is -2.34. The van der Waals surface area contributed by atoms with E-state index in [1.54, 1.807) is 12.1 Å². The molecule has 2 amide bonds. The summed E-state index contributed by atoms with van der Waals surface area (Å²) in [7, 11) is 0. The molecule has 0 aromatic heterocycles. The number of carbonyl (C=O) groups is 2. The highest BCUT2D eigenvalue weighted by molar-refractivity contribution is 9.10. The summed E-state index contributed by atoms with van der Waals surface area (Å²) >= 11 is 7.05. The van der Waals surface area contributed by atoms with Crippen molar-refractivity contribution in [3.05, 3.63) is 176 Å². The zero-order valence-electron chi connectivity index (χ0n) is 32.6. The van der Waals surface area contributed by atoms with Crippen LogP contribution in [0.3, 0.4) is 0 Å². The largest absolute Gasteiger partial charge is 0.493 e. The van der Waals surface area contributed by atoms with E-state index in [-0.39, 0.29) is 11.8 Å². The minimum Gasteiger partial charge on any atom is -0.493 e. The number of hydrogen-bond donors (Lipinski definition) is 2. The van der Waals surface area contributed by atoms with Crippen LogP contribution in [-0.4, -0.2) is 25.0 Å². The molecule has 6 aromatic carbocycles. The number of carbonyl (C=O) groups excluding carboxylic acids is 2. The number of ether oxygens (including phenoxy) is 2. The van der Waals surface area contributed by atoms with Gasteiger partial charge < -0.3 is 20.1 Å². The third-order valence-electron chi connectivity index (χ3n) is 10.4. The summed E-state index contributed by atoms with van der Waals surface area (Å²) in [5.41, 5.74) is 8.37. The smallest absolute Gasteiger partial charge is 0.259 e. The van der Waals surface area contributed by atoms with Gasteiger partial charge in [0.25, 0.3) is 11.8 Å². The van der Waals surface area contributed by atoms with E-state index < -0.39 is 5.41 Å². The van der Waals surface area contributed by atoms with Gasteiger partial charge in [-0.1, -0.05) is 132 Å². The highest BCUT2D eigenvalue weighted by Crippen LogP contribution is 2.56. The number of halogens is 2. The van der Waals surface area contributed by atoms with Crippen LogP contribution in [0.5, 0.6) is 11.5 Å². The highest BCUT2D eigenvalue weighted by Gasteiger charge is 2.45. The average Bonchev–Trinajstić information content (AvgIpc) is 3.50. The summed E-state index contributed by atoms with van der Waals surface area (Å²) in [6.45, 7) is 9.67. The Kier molecular flexibility index (Phi) is 12.3. The summed E-state index contributed by atoms with van der Waals surface area (Å²) in [5.74, 6) is 1.60. The Hall–Kier alpha value is -5.18. The van der Waals surface area contributed by atoms with E-state index in [1.807, 2.05) is 48.5 Å². The van der Waals surface area contributed by atoms with Crippen LogP contribution in [0.2, 0.25) is 0 Å². The first kappa shape index (κ1) is 40.0. The Bertz CT molecular complexity index is 2220. The lowest BCUT2D eigenvalue weighted by atomic mass is 9.67. The molecule has 0 spiro atoms. The minimum absolute atomic E-state index is 0.246. The van der Waals surface area contributed by atoms with E-state index >= 15 is 0 Å². The number of amides is 2. The van der Waals surface area contributed by atoms with E-state index in [1.165, 1.54) is 11.1 Å². The third kappa shape index (κ3) is 8.58. The van der Waals surface area contributed by atoms with Crippen molar-refractivity contribution in [2.45, 2.75) is 46.0 Å². The molecule has 0 radical (unpaired) electrons. The molecule has 0 unspecified atom stereocenters. The maximum absolute atomic E-state index is 13.7.